The topological polar surface area (TPSA) is 67.6 Å². The van der Waals surface area contributed by atoms with Crippen LogP contribution in [-0.2, 0) is 16.4 Å². The van der Waals surface area contributed by atoms with Crippen LogP contribution in [0.3, 0.4) is 0 Å². The van der Waals surface area contributed by atoms with Crippen LogP contribution in [0.15, 0.2) is 47.4 Å². The van der Waals surface area contributed by atoms with Gasteiger partial charge in [0.15, 0.2) is 4.90 Å². The number of halogens is 1. The smallest absolute Gasteiger partial charge is 0.334 e. The molecule has 2 aromatic carbocycles. The summed E-state index contributed by atoms with van der Waals surface area (Å²) in [4.78, 5) is 0.0236. The summed E-state index contributed by atoms with van der Waals surface area (Å²) in [5.74, 6) is 1.09. The summed E-state index contributed by atoms with van der Waals surface area (Å²) in [5.41, 5.74) is 1.03. The van der Waals surface area contributed by atoms with Gasteiger partial charge in [0.2, 0.25) is 0 Å². The monoisotopic (exact) mass is 395 g/mol. The predicted octanol–water partition coefficient (Wildman–Crippen LogP) is 2.30. The van der Waals surface area contributed by atoms with Crippen LogP contribution in [0.25, 0.3) is 0 Å². The molecule has 6 nitrogen and oxygen atoms in total. The number of nitrogens with zero attached hydrogens (tertiary/aromatic N) is 1. The number of hydrogen-bond donors (Lipinski definition) is 1. The van der Waals surface area contributed by atoms with Crippen LogP contribution in [0.2, 0.25) is 5.02 Å². The van der Waals surface area contributed by atoms with E-state index < -0.39 is 10.0 Å². The first-order valence-electron chi connectivity index (χ1n) is 8.05. The minimum atomic E-state index is -3.83. The van der Waals surface area contributed by atoms with Gasteiger partial charge in [-0.05, 0) is 5.56 Å². The van der Waals surface area contributed by atoms with E-state index in [1.807, 2.05) is 30.3 Å². The number of benzene rings is 2. The van der Waals surface area contributed by atoms with E-state index in [-0.39, 0.29) is 21.4 Å². The fraction of sp³-hybridized carbons (Fsp3) is 0.278. The zero-order valence-corrected chi connectivity index (χ0v) is 16.1. The summed E-state index contributed by atoms with van der Waals surface area (Å²) in [5, 5.41) is 3.46. The van der Waals surface area contributed by atoms with Crippen LogP contribution in [0, 0.1) is 0 Å². The lowest BCUT2D eigenvalue weighted by atomic mass is 10.1. The number of nitrogens with one attached hydrogen (secondary N) is 1. The van der Waals surface area contributed by atoms with Crippen molar-refractivity contribution in [1.29, 1.82) is 0 Å². The lowest BCUT2D eigenvalue weighted by Gasteiger charge is -2.12. The van der Waals surface area contributed by atoms with Gasteiger partial charge in [-0.2, -0.15) is 8.42 Å². The average molecular weight is 396 g/mol. The zero-order valence-electron chi connectivity index (χ0n) is 14.5. The van der Waals surface area contributed by atoms with Gasteiger partial charge in [-0.15, -0.1) is 3.98 Å². The number of sulfonamides is 1. The maximum atomic E-state index is 13.3. The molecule has 0 aliphatic carbocycles. The third-order valence-corrected chi connectivity index (χ3v) is 6.32. The fourth-order valence-corrected chi connectivity index (χ4v) is 4.75. The van der Waals surface area contributed by atoms with Gasteiger partial charge in [0.25, 0.3) is 5.84 Å². The molecule has 1 N–H and O–H groups in total. The summed E-state index contributed by atoms with van der Waals surface area (Å²) in [6.45, 7) is 0.896. The first kappa shape index (κ1) is 18.5. The quantitative estimate of drug-likeness (QED) is 0.760. The summed E-state index contributed by atoms with van der Waals surface area (Å²) in [6.07, 6.45) is 0.493. The summed E-state index contributed by atoms with van der Waals surface area (Å²) < 4.78 is 38.4. The molecule has 1 heterocycles. The minimum absolute atomic E-state index is 0.0236. The van der Waals surface area contributed by atoms with E-state index in [1.54, 1.807) is 0 Å². The van der Waals surface area contributed by atoms with E-state index in [2.05, 4.69) is 5.32 Å². The lowest BCUT2D eigenvalue weighted by molar-refractivity contribution is -0.354. The largest absolute Gasteiger partial charge is 0.495 e. The molecule has 26 heavy (non-hydrogen) atoms. The first-order valence-corrected chi connectivity index (χ1v) is 9.87. The maximum Gasteiger partial charge on any atom is 0.334 e. The Labute approximate surface area is 158 Å². The summed E-state index contributed by atoms with van der Waals surface area (Å²) in [6, 6.07) is 12.6. The van der Waals surface area contributed by atoms with Crippen LogP contribution in [0.4, 0.5) is 0 Å². The fourth-order valence-electron chi connectivity index (χ4n) is 2.88. The van der Waals surface area contributed by atoms with Crippen molar-refractivity contribution < 1.29 is 21.9 Å². The highest BCUT2D eigenvalue weighted by Gasteiger charge is 2.35. The molecular formula is C18H20ClN2O4S+. The lowest BCUT2D eigenvalue weighted by Crippen LogP contribution is -2.29. The van der Waals surface area contributed by atoms with Gasteiger partial charge in [-0.3, -0.25) is 5.32 Å². The average Bonchev–Trinajstić information content (AvgIpc) is 3.11. The molecule has 0 bridgehead atoms. The van der Waals surface area contributed by atoms with Crippen molar-refractivity contribution in [3.63, 3.8) is 0 Å². The molecular weight excluding hydrogens is 376 g/mol. The van der Waals surface area contributed by atoms with Gasteiger partial charge in [0.1, 0.15) is 24.6 Å². The Balaban J connectivity index is 2.08. The van der Waals surface area contributed by atoms with Crippen molar-refractivity contribution in [3.8, 4) is 11.5 Å². The summed E-state index contributed by atoms with van der Waals surface area (Å²) in [7, 11) is -0.980. The molecule has 0 spiro atoms. The van der Waals surface area contributed by atoms with Gasteiger partial charge in [-0.25, -0.2) is 0 Å². The van der Waals surface area contributed by atoms with Crippen LogP contribution in [-0.4, -0.2) is 45.5 Å². The second kappa shape index (κ2) is 7.55. The normalized spacial score (nSPS) is 14.3. The van der Waals surface area contributed by atoms with Crippen molar-refractivity contribution in [1.82, 2.24) is 5.32 Å². The number of rotatable bonds is 6. The Morgan fingerprint density at radius 2 is 1.81 bits per heavy atom. The zero-order chi connectivity index (χ0) is 18.7. The standard InChI is InChI=1S/C18H19ClN2O4S/c1-24-15-12-17(16(25-2)11-14(15)19)26(22,23)21-9-8-20-18(21)10-13-6-4-3-5-7-13/h3-7,11-12H,8-10H2,1-2H3/p+1. The van der Waals surface area contributed by atoms with Gasteiger partial charge < -0.3 is 9.47 Å². The molecule has 0 fully saturated rings. The van der Waals surface area contributed by atoms with Gasteiger partial charge in [-0.1, -0.05) is 41.9 Å². The molecule has 3 rings (SSSR count). The van der Waals surface area contributed by atoms with E-state index in [0.717, 1.165) is 5.56 Å². The molecule has 1 aliphatic rings. The SMILES string of the molecule is COc1cc(S(=O)(=O)[N+]2=C(Cc3ccccc3)NCC2)c(OC)cc1Cl. The number of amidine groups is 1. The predicted molar refractivity (Wildman–Crippen MR) is 100 cm³/mol. The number of hydrogen-bond acceptors (Lipinski definition) is 5. The highest BCUT2D eigenvalue weighted by atomic mass is 35.5. The maximum absolute atomic E-state index is 13.3. The van der Waals surface area contributed by atoms with E-state index in [1.165, 1.54) is 30.3 Å². The van der Waals surface area contributed by atoms with E-state index in [0.29, 0.717) is 25.3 Å². The number of ether oxygens (including phenoxy) is 2. The van der Waals surface area contributed by atoms with E-state index in [9.17, 15) is 8.42 Å². The van der Waals surface area contributed by atoms with Gasteiger partial charge in [0.05, 0.1) is 25.7 Å². The van der Waals surface area contributed by atoms with Crippen LogP contribution in [0.1, 0.15) is 5.56 Å². The molecule has 0 saturated heterocycles. The Hall–Kier alpha value is -2.25. The first-order chi connectivity index (χ1) is 12.5. The molecule has 1 aliphatic heterocycles. The van der Waals surface area contributed by atoms with Crippen molar-refractivity contribution in [3.05, 3.63) is 53.1 Å². The molecule has 0 unspecified atom stereocenters. The molecule has 0 saturated carbocycles. The Morgan fingerprint density at radius 3 is 2.46 bits per heavy atom. The third-order valence-electron chi connectivity index (χ3n) is 4.17. The third kappa shape index (κ3) is 3.50. The van der Waals surface area contributed by atoms with Crippen LogP contribution < -0.4 is 14.8 Å². The molecule has 0 aromatic heterocycles. The molecule has 2 aromatic rings. The van der Waals surface area contributed by atoms with Crippen LogP contribution in [0.5, 0.6) is 11.5 Å². The Bertz CT molecular complexity index is 943. The van der Waals surface area contributed by atoms with Crippen molar-refractivity contribution in [2.24, 2.45) is 0 Å². The Kier molecular flexibility index (Phi) is 5.38. The molecule has 0 amide bonds. The Morgan fingerprint density at radius 1 is 1.12 bits per heavy atom. The van der Waals surface area contributed by atoms with Crippen molar-refractivity contribution in [2.45, 2.75) is 11.3 Å². The van der Waals surface area contributed by atoms with E-state index in [4.69, 9.17) is 21.1 Å². The van der Waals surface area contributed by atoms with Crippen LogP contribution >= 0.6 is 11.6 Å². The molecule has 0 radical (unpaired) electrons. The number of methoxy groups -OCH3 is 2. The molecule has 8 heteroatoms. The second-order valence-corrected chi connectivity index (χ2v) is 7.99. The minimum Gasteiger partial charge on any atom is -0.495 e. The summed E-state index contributed by atoms with van der Waals surface area (Å²) >= 11 is 6.10. The van der Waals surface area contributed by atoms with Crippen molar-refractivity contribution in [2.75, 3.05) is 27.3 Å². The highest BCUT2D eigenvalue weighted by molar-refractivity contribution is 7.85. The van der Waals surface area contributed by atoms with Gasteiger partial charge >= 0.3 is 10.0 Å². The van der Waals surface area contributed by atoms with E-state index >= 15 is 0 Å². The molecule has 138 valence electrons. The molecule has 0 atom stereocenters. The highest BCUT2D eigenvalue weighted by Crippen LogP contribution is 2.36. The van der Waals surface area contributed by atoms with Crippen molar-refractivity contribution >= 4 is 27.5 Å². The van der Waals surface area contributed by atoms with Gasteiger partial charge in [0, 0.05) is 12.1 Å². The second-order valence-electron chi connectivity index (χ2n) is 5.75.